The highest BCUT2D eigenvalue weighted by molar-refractivity contribution is 7.10. The van der Waals surface area contributed by atoms with Gasteiger partial charge in [0, 0.05) is 18.9 Å². The average Bonchev–Trinajstić information content (AvgIpc) is 2.61. The number of rotatable bonds is 4. The zero-order valence-electron chi connectivity index (χ0n) is 8.20. The fourth-order valence-electron chi connectivity index (χ4n) is 1.06. The first-order chi connectivity index (χ1) is 6.65. The van der Waals surface area contributed by atoms with Crippen molar-refractivity contribution in [1.29, 1.82) is 0 Å². The first-order valence-electron chi connectivity index (χ1n) is 4.38. The van der Waals surface area contributed by atoms with Crippen LogP contribution in [0, 0.1) is 0 Å². The van der Waals surface area contributed by atoms with Gasteiger partial charge in [0.2, 0.25) is 0 Å². The topological polar surface area (TPSA) is 43.4 Å². The fourth-order valence-corrected chi connectivity index (χ4v) is 1.86. The maximum Gasteiger partial charge on any atom is 0.302 e. The first kappa shape index (κ1) is 10.9. The summed E-state index contributed by atoms with van der Waals surface area (Å²) >= 11 is 1.44. The van der Waals surface area contributed by atoms with E-state index in [2.05, 4.69) is 0 Å². The first-order valence-corrected chi connectivity index (χ1v) is 5.26. The van der Waals surface area contributed by atoms with E-state index in [1.54, 1.807) is 6.07 Å². The molecule has 1 rings (SSSR count). The van der Waals surface area contributed by atoms with Crippen molar-refractivity contribution in [3.05, 3.63) is 21.9 Å². The van der Waals surface area contributed by atoms with E-state index in [1.807, 2.05) is 12.3 Å². The molecule has 0 saturated carbocycles. The van der Waals surface area contributed by atoms with E-state index in [0.29, 0.717) is 12.0 Å². The van der Waals surface area contributed by atoms with Crippen LogP contribution in [-0.2, 0) is 16.1 Å². The number of thiophene rings is 1. The van der Waals surface area contributed by atoms with Gasteiger partial charge in [0.15, 0.2) is 5.78 Å². The highest BCUT2D eigenvalue weighted by atomic mass is 32.1. The highest BCUT2D eigenvalue weighted by Gasteiger charge is 2.11. The van der Waals surface area contributed by atoms with Crippen LogP contribution in [0.2, 0.25) is 0 Å². The molecular weight excluding hydrogens is 200 g/mol. The molecule has 0 saturated heterocycles. The van der Waals surface area contributed by atoms with Gasteiger partial charge in [0.05, 0.1) is 4.88 Å². The van der Waals surface area contributed by atoms with E-state index in [4.69, 9.17) is 4.74 Å². The SMILES string of the molecule is CCC(=O)c1ccsc1COC(C)=O. The van der Waals surface area contributed by atoms with E-state index < -0.39 is 0 Å². The molecule has 4 heteroatoms. The molecule has 0 aromatic carbocycles. The number of esters is 1. The third kappa shape index (κ3) is 2.67. The van der Waals surface area contributed by atoms with E-state index >= 15 is 0 Å². The van der Waals surface area contributed by atoms with Crippen LogP contribution in [0.15, 0.2) is 11.4 Å². The van der Waals surface area contributed by atoms with Crippen LogP contribution in [0.4, 0.5) is 0 Å². The van der Waals surface area contributed by atoms with E-state index in [9.17, 15) is 9.59 Å². The van der Waals surface area contributed by atoms with Crippen molar-refractivity contribution >= 4 is 23.1 Å². The molecule has 76 valence electrons. The third-order valence-electron chi connectivity index (χ3n) is 1.77. The maximum absolute atomic E-state index is 11.4. The lowest BCUT2D eigenvalue weighted by atomic mass is 10.1. The minimum atomic E-state index is -0.326. The zero-order valence-corrected chi connectivity index (χ0v) is 9.02. The largest absolute Gasteiger partial charge is 0.460 e. The second-order valence-electron chi connectivity index (χ2n) is 2.81. The van der Waals surface area contributed by atoms with Crippen molar-refractivity contribution < 1.29 is 14.3 Å². The van der Waals surface area contributed by atoms with Gasteiger partial charge in [-0.15, -0.1) is 11.3 Å². The molecule has 1 heterocycles. The zero-order chi connectivity index (χ0) is 10.6. The van der Waals surface area contributed by atoms with Gasteiger partial charge in [0.1, 0.15) is 6.61 Å². The standard InChI is InChI=1S/C10H12O3S/c1-3-9(12)8-4-5-14-10(8)6-13-7(2)11/h4-5H,3,6H2,1-2H3. The molecule has 0 aliphatic carbocycles. The second-order valence-corrected chi connectivity index (χ2v) is 3.82. The Labute approximate surface area is 86.7 Å². The maximum atomic E-state index is 11.4. The molecule has 0 unspecified atom stereocenters. The Balaban J connectivity index is 2.72. The summed E-state index contributed by atoms with van der Waals surface area (Å²) in [5.41, 5.74) is 0.679. The molecule has 14 heavy (non-hydrogen) atoms. The van der Waals surface area contributed by atoms with Crippen LogP contribution in [0.1, 0.15) is 35.5 Å². The summed E-state index contributed by atoms with van der Waals surface area (Å²) < 4.78 is 4.84. The Morgan fingerprint density at radius 1 is 1.50 bits per heavy atom. The number of hydrogen-bond donors (Lipinski definition) is 0. The lowest BCUT2D eigenvalue weighted by Gasteiger charge is -2.01. The van der Waals surface area contributed by atoms with Gasteiger partial charge >= 0.3 is 5.97 Å². The summed E-state index contributed by atoms with van der Waals surface area (Å²) in [4.78, 5) is 22.8. The van der Waals surface area contributed by atoms with Crippen LogP contribution in [0.25, 0.3) is 0 Å². The third-order valence-corrected chi connectivity index (χ3v) is 2.67. The Morgan fingerprint density at radius 2 is 2.21 bits per heavy atom. The molecule has 0 N–H and O–H groups in total. The fraction of sp³-hybridized carbons (Fsp3) is 0.400. The molecule has 0 atom stereocenters. The van der Waals surface area contributed by atoms with Gasteiger partial charge in [-0.05, 0) is 11.4 Å². The normalized spacial score (nSPS) is 9.86. The Hall–Kier alpha value is -1.16. The Bertz CT molecular complexity index is 341. The molecule has 0 fully saturated rings. The molecule has 1 aromatic rings. The number of hydrogen-bond acceptors (Lipinski definition) is 4. The average molecular weight is 212 g/mol. The van der Waals surface area contributed by atoms with Gasteiger partial charge in [0.25, 0.3) is 0 Å². The molecule has 0 radical (unpaired) electrons. The predicted molar refractivity (Wildman–Crippen MR) is 54.4 cm³/mol. The van der Waals surface area contributed by atoms with Crippen LogP contribution >= 0.6 is 11.3 Å². The molecule has 0 bridgehead atoms. The van der Waals surface area contributed by atoms with E-state index in [-0.39, 0.29) is 18.4 Å². The summed E-state index contributed by atoms with van der Waals surface area (Å²) in [6, 6.07) is 1.77. The lowest BCUT2D eigenvalue weighted by Crippen LogP contribution is -2.02. The second kappa shape index (κ2) is 4.91. The van der Waals surface area contributed by atoms with Gasteiger partial charge in [-0.25, -0.2) is 0 Å². The quantitative estimate of drug-likeness (QED) is 0.568. The molecule has 0 spiro atoms. The van der Waals surface area contributed by atoms with Crippen LogP contribution in [-0.4, -0.2) is 11.8 Å². The Kier molecular flexibility index (Phi) is 3.83. The van der Waals surface area contributed by atoms with Gasteiger partial charge in [-0.3, -0.25) is 9.59 Å². The van der Waals surface area contributed by atoms with Crippen molar-refractivity contribution in [2.24, 2.45) is 0 Å². The molecule has 3 nitrogen and oxygen atoms in total. The summed E-state index contributed by atoms with van der Waals surface area (Å²) in [5, 5.41) is 1.84. The van der Waals surface area contributed by atoms with E-state index in [1.165, 1.54) is 18.3 Å². The number of carbonyl (C=O) groups excluding carboxylic acids is 2. The predicted octanol–water partition coefficient (Wildman–Crippen LogP) is 2.40. The van der Waals surface area contributed by atoms with Crippen molar-refractivity contribution in [3.63, 3.8) is 0 Å². The number of Topliss-reactive ketones (excluding diaryl/α,β-unsaturated/α-hetero) is 1. The monoisotopic (exact) mass is 212 g/mol. The number of carbonyl (C=O) groups is 2. The highest BCUT2D eigenvalue weighted by Crippen LogP contribution is 2.19. The van der Waals surface area contributed by atoms with Crippen molar-refractivity contribution in [1.82, 2.24) is 0 Å². The number of ketones is 1. The van der Waals surface area contributed by atoms with Crippen LogP contribution < -0.4 is 0 Å². The summed E-state index contributed by atoms with van der Waals surface area (Å²) in [5.74, 6) is -0.235. The number of ether oxygens (including phenoxy) is 1. The molecule has 1 aromatic heterocycles. The summed E-state index contributed by atoms with van der Waals surface area (Å²) in [6.07, 6.45) is 0.476. The smallest absolute Gasteiger partial charge is 0.302 e. The van der Waals surface area contributed by atoms with Crippen molar-refractivity contribution in [2.75, 3.05) is 0 Å². The van der Waals surface area contributed by atoms with Gasteiger partial charge in [-0.2, -0.15) is 0 Å². The van der Waals surface area contributed by atoms with Gasteiger partial charge < -0.3 is 4.74 Å². The van der Waals surface area contributed by atoms with Crippen molar-refractivity contribution in [2.45, 2.75) is 26.9 Å². The molecule has 0 aliphatic heterocycles. The van der Waals surface area contributed by atoms with Crippen molar-refractivity contribution in [3.8, 4) is 0 Å². The summed E-state index contributed by atoms with van der Waals surface area (Å²) in [7, 11) is 0. The van der Waals surface area contributed by atoms with Crippen LogP contribution in [0.5, 0.6) is 0 Å². The molecular formula is C10H12O3S. The Morgan fingerprint density at radius 3 is 2.79 bits per heavy atom. The molecule has 0 amide bonds. The van der Waals surface area contributed by atoms with Gasteiger partial charge in [-0.1, -0.05) is 6.92 Å². The minimum Gasteiger partial charge on any atom is -0.460 e. The van der Waals surface area contributed by atoms with E-state index in [0.717, 1.165) is 4.88 Å². The summed E-state index contributed by atoms with van der Waals surface area (Å²) in [6.45, 7) is 3.37. The molecule has 0 aliphatic rings. The minimum absolute atomic E-state index is 0.0911. The van der Waals surface area contributed by atoms with Crippen LogP contribution in [0.3, 0.4) is 0 Å². The lowest BCUT2D eigenvalue weighted by molar-refractivity contribution is -0.142.